The number of hydrogen-bond donors (Lipinski definition) is 1. The van der Waals surface area contributed by atoms with Crippen LogP contribution in [0, 0.1) is 26.1 Å². The van der Waals surface area contributed by atoms with Gasteiger partial charge >= 0.3 is 12.2 Å². The zero-order valence-electron chi connectivity index (χ0n) is 26.6. The minimum absolute atomic E-state index is 0.0288. The van der Waals surface area contributed by atoms with Gasteiger partial charge in [0.1, 0.15) is 17.5 Å². The molecule has 0 saturated heterocycles. The van der Waals surface area contributed by atoms with Crippen molar-refractivity contribution in [2.24, 2.45) is 5.92 Å². The van der Waals surface area contributed by atoms with Crippen molar-refractivity contribution in [2.45, 2.75) is 65.3 Å². The predicted octanol–water partition coefficient (Wildman–Crippen LogP) is 6.68. The SMILES string of the molecule is CC(C)CN(Cc1ccc([N+](=O)[O-])cc1)CC(OC(=O)Oc1ccc([N+](=O)[O-])cc1)C(Cc1ccccc1)NC(=O)OC(C)(C)C. The van der Waals surface area contributed by atoms with Crippen molar-refractivity contribution in [3.8, 4) is 5.75 Å². The second-order valence-electron chi connectivity index (χ2n) is 12.2. The number of benzene rings is 3. The van der Waals surface area contributed by atoms with Crippen LogP contribution >= 0.6 is 0 Å². The molecule has 0 aromatic heterocycles. The zero-order valence-corrected chi connectivity index (χ0v) is 26.6. The average molecular weight is 637 g/mol. The minimum Gasteiger partial charge on any atom is -0.444 e. The van der Waals surface area contributed by atoms with Crippen LogP contribution in [0.1, 0.15) is 45.7 Å². The van der Waals surface area contributed by atoms with Crippen LogP contribution in [0.4, 0.5) is 21.0 Å². The second-order valence-corrected chi connectivity index (χ2v) is 12.2. The van der Waals surface area contributed by atoms with Crippen molar-refractivity contribution in [3.05, 3.63) is 110 Å². The highest BCUT2D eigenvalue weighted by Gasteiger charge is 2.32. The monoisotopic (exact) mass is 636 g/mol. The molecule has 0 aliphatic heterocycles. The molecule has 0 radical (unpaired) electrons. The number of alkyl carbamates (subject to hydrolysis) is 1. The predicted molar refractivity (Wildman–Crippen MR) is 171 cm³/mol. The number of rotatable bonds is 14. The quantitative estimate of drug-likeness (QED) is 0.0873. The largest absolute Gasteiger partial charge is 0.514 e. The molecule has 0 saturated carbocycles. The number of amides is 1. The molecule has 3 rings (SSSR count). The zero-order chi connectivity index (χ0) is 33.9. The minimum atomic E-state index is -1.07. The molecule has 0 heterocycles. The maximum Gasteiger partial charge on any atom is 0.514 e. The maximum absolute atomic E-state index is 13.2. The average Bonchev–Trinajstić information content (AvgIpc) is 2.96. The normalized spacial score (nSPS) is 12.7. The van der Waals surface area contributed by atoms with Gasteiger partial charge in [-0.25, -0.2) is 9.59 Å². The summed E-state index contributed by atoms with van der Waals surface area (Å²) in [7, 11) is 0. The Morgan fingerprint density at radius 3 is 1.91 bits per heavy atom. The van der Waals surface area contributed by atoms with E-state index in [2.05, 4.69) is 5.32 Å². The Balaban J connectivity index is 1.95. The molecule has 0 spiro atoms. The first-order chi connectivity index (χ1) is 21.7. The molecule has 3 aromatic rings. The topological polar surface area (TPSA) is 163 Å². The van der Waals surface area contributed by atoms with Gasteiger partial charge in [-0.05, 0) is 56.4 Å². The van der Waals surface area contributed by atoms with E-state index in [-0.39, 0.29) is 36.0 Å². The third kappa shape index (κ3) is 12.2. The van der Waals surface area contributed by atoms with E-state index in [0.29, 0.717) is 13.1 Å². The van der Waals surface area contributed by atoms with Crippen LogP contribution in [0.2, 0.25) is 0 Å². The van der Waals surface area contributed by atoms with Gasteiger partial charge in [-0.3, -0.25) is 25.1 Å². The third-order valence-electron chi connectivity index (χ3n) is 6.56. The molecule has 13 nitrogen and oxygen atoms in total. The Kier molecular flexibility index (Phi) is 12.6. The van der Waals surface area contributed by atoms with Gasteiger partial charge in [0.15, 0.2) is 0 Å². The Morgan fingerprint density at radius 2 is 1.39 bits per heavy atom. The molecular formula is C33H40N4O9. The molecule has 246 valence electrons. The third-order valence-corrected chi connectivity index (χ3v) is 6.56. The van der Waals surface area contributed by atoms with E-state index in [1.807, 2.05) is 49.1 Å². The highest BCUT2D eigenvalue weighted by atomic mass is 16.7. The standard InChI is InChI=1S/C33H40N4O9/c1-23(2)20-35(21-25-11-13-26(14-12-25)36(40)41)22-30(45-32(39)44-28-17-15-27(16-18-28)37(42)43)29(19-24-9-7-6-8-10-24)34-31(38)46-33(3,4)5/h6-18,23,29-30H,19-22H2,1-5H3,(H,34,38). The molecular weight excluding hydrogens is 596 g/mol. The molecule has 0 bridgehead atoms. The molecule has 1 amide bonds. The summed E-state index contributed by atoms with van der Waals surface area (Å²) in [6, 6.07) is 19.8. The highest BCUT2D eigenvalue weighted by Crippen LogP contribution is 2.21. The van der Waals surface area contributed by atoms with Crippen molar-refractivity contribution < 1.29 is 33.6 Å². The van der Waals surface area contributed by atoms with Gasteiger partial charge in [0.05, 0.1) is 15.9 Å². The van der Waals surface area contributed by atoms with E-state index in [4.69, 9.17) is 14.2 Å². The van der Waals surface area contributed by atoms with Gasteiger partial charge in [-0.2, -0.15) is 0 Å². The van der Waals surface area contributed by atoms with E-state index in [9.17, 15) is 29.8 Å². The highest BCUT2D eigenvalue weighted by molar-refractivity contribution is 5.68. The van der Waals surface area contributed by atoms with Crippen molar-refractivity contribution in [1.29, 1.82) is 0 Å². The van der Waals surface area contributed by atoms with E-state index >= 15 is 0 Å². The smallest absolute Gasteiger partial charge is 0.444 e. The van der Waals surface area contributed by atoms with Gasteiger partial charge < -0.3 is 19.5 Å². The van der Waals surface area contributed by atoms with Gasteiger partial charge in [0, 0.05) is 43.9 Å². The first-order valence-corrected chi connectivity index (χ1v) is 14.8. The number of nitrogens with one attached hydrogen (secondary N) is 1. The van der Waals surface area contributed by atoms with Gasteiger partial charge in [-0.1, -0.05) is 56.3 Å². The van der Waals surface area contributed by atoms with Crippen LogP contribution in [0.15, 0.2) is 78.9 Å². The van der Waals surface area contributed by atoms with E-state index in [0.717, 1.165) is 11.1 Å². The fourth-order valence-electron chi connectivity index (χ4n) is 4.68. The summed E-state index contributed by atoms with van der Waals surface area (Å²) in [5.41, 5.74) is 0.689. The Hall–Kier alpha value is -5.04. The lowest BCUT2D eigenvalue weighted by Crippen LogP contribution is -2.52. The fourth-order valence-corrected chi connectivity index (χ4v) is 4.68. The van der Waals surface area contributed by atoms with E-state index in [1.54, 1.807) is 32.9 Å². The number of non-ortho nitro benzene ring substituents is 2. The maximum atomic E-state index is 13.2. The van der Waals surface area contributed by atoms with Gasteiger partial charge in [-0.15, -0.1) is 0 Å². The van der Waals surface area contributed by atoms with Crippen LogP contribution in [0.3, 0.4) is 0 Å². The Morgan fingerprint density at radius 1 is 0.826 bits per heavy atom. The molecule has 3 aromatic carbocycles. The molecule has 0 fully saturated rings. The number of nitro benzene ring substituents is 2. The second kappa shape index (κ2) is 16.3. The summed E-state index contributed by atoms with van der Waals surface area (Å²) in [4.78, 5) is 49.4. The van der Waals surface area contributed by atoms with Crippen LogP contribution in [0.25, 0.3) is 0 Å². The molecule has 0 aliphatic rings. The molecule has 46 heavy (non-hydrogen) atoms. The first kappa shape index (κ1) is 35.4. The van der Waals surface area contributed by atoms with Crippen molar-refractivity contribution in [3.63, 3.8) is 0 Å². The summed E-state index contributed by atoms with van der Waals surface area (Å²) in [5, 5.41) is 25.1. The molecule has 2 atom stereocenters. The number of hydrogen-bond acceptors (Lipinski definition) is 10. The summed E-state index contributed by atoms with van der Waals surface area (Å²) in [6.45, 7) is 10.4. The van der Waals surface area contributed by atoms with Gasteiger partial charge in [0.2, 0.25) is 0 Å². The molecule has 2 unspecified atom stereocenters. The summed E-state index contributed by atoms with van der Waals surface area (Å²) < 4.78 is 16.8. The molecule has 1 N–H and O–H groups in total. The van der Waals surface area contributed by atoms with Crippen LogP contribution in [-0.2, 0) is 22.4 Å². The van der Waals surface area contributed by atoms with Gasteiger partial charge in [0.25, 0.3) is 11.4 Å². The summed E-state index contributed by atoms with van der Waals surface area (Å²) >= 11 is 0. The van der Waals surface area contributed by atoms with Crippen LogP contribution in [-0.4, -0.2) is 57.8 Å². The number of ether oxygens (including phenoxy) is 3. The summed E-state index contributed by atoms with van der Waals surface area (Å²) in [6.07, 6.45) is -2.45. The van der Waals surface area contributed by atoms with Crippen molar-refractivity contribution in [2.75, 3.05) is 13.1 Å². The first-order valence-electron chi connectivity index (χ1n) is 14.8. The lowest BCUT2D eigenvalue weighted by Gasteiger charge is -2.33. The molecule has 13 heteroatoms. The van der Waals surface area contributed by atoms with Crippen molar-refractivity contribution in [1.82, 2.24) is 10.2 Å². The van der Waals surface area contributed by atoms with E-state index < -0.39 is 39.8 Å². The number of nitro groups is 2. The van der Waals surface area contributed by atoms with E-state index in [1.165, 1.54) is 36.4 Å². The Labute approximate surface area is 267 Å². The fraction of sp³-hybridized carbons (Fsp3) is 0.394. The lowest BCUT2D eigenvalue weighted by atomic mass is 10.00. The number of carbonyl (C=O) groups excluding carboxylic acids is 2. The lowest BCUT2D eigenvalue weighted by molar-refractivity contribution is -0.385. The Bertz CT molecular complexity index is 1460. The van der Waals surface area contributed by atoms with Crippen LogP contribution in [0.5, 0.6) is 5.75 Å². The summed E-state index contributed by atoms with van der Waals surface area (Å²) in [5.74, 6) is 0.233. The number of carbonyl (C=O) groups is 2. The van der Waals surface area contributed by atoms with Crippen LogP contribution < -0.4 is 10.1 Å². The van der Waals surface area contributed by atoms with Crippen molar-refractivity contribution >= 4 is 23.6 Å². The number of nitrogens with zero attached hydrogens (tertiary/aromatic N) is 3. The molecule has 0 aliphatic carbocycles.